The Kier molecular flexibility index (Phi) is 4.22. The van der Waals surface area contributed by atoms with Gasteiger partial charge in [-0.25, -0.2) is 9.78 Å². The van der Waals surface area contributed by atoms with Crippen molar-refractivity contribution in [3.8, 4) is 0 Å². The Morgan fingerprint density at radius 2 is 2.29 bits per heavy atom. The largest absolute Gasteiger partial charge is 0.341 e. The molecule has 0 saturated carbocycles. The predicted molar refractivity (Wildman–Crippen MR) is 72.8 cm³/mol. The van der Waals surface area contributed by atoms with E-state index in [4.69, 9.17) is 0 Å². The zero-order valence-electron chi connectivity index (χ0n) is 9.40. The summed E-state index contributed by atoms with van der Waals surface area (Å²) in [6, 6.07) is 7.94. The van der Waals surface area contributed by atoms with Crippen LogP contribution in [0.1, 0.15) is 0 Å². The lowest BCUT2D eigenvalue weighted by Crippen LogP contribution is -2.34. The molecule has 17 heavy (non-hydrogen) atoms. The fourth-order valence-electron chi connectivity index (χ4n) is 1.30. The van der Waals surface area contributed by atoms with E-state index in [1.54, 1.807) is 30.1 Å². The van der Waals surface area contributed by atoms with Gasteiger partial charge in [-0.2, -0.15) is 0 Å². The van der Waals surface area contributed by atoms with Crippen molar-refractivity contribution in [1.82, 2.24) is 15.6 Å². The van der Waals surface area contributed by atoms with Crippen molar-refractivity contribution in [3.05, 3.63) is 24.3 Å². The molecule has 0 aliphatic carbocycles. The highest BCUT2D eigenvalue weighted by atomic mass is 32.2. The summed E-state index contributed by atoms with van der Waals surface area (Å²) < 4.78 is 2.25. The molecule has 0 fully saturated rings. The van der Waals surface area contributed by atoms with E-state index < -0.39 is 0 Å². The van der Waals surface area contributed by atoms with Gasteiger partial charge in [-0.3, -0.25) is 0 Å². The van der Waals surface area contributed by atoms with Crippen molar-refractivity contribution < 1.29 is 4.79 Å². The van der Waals surface area contributed by atoms with E-state index in [9.17, 15) is 4.79 Å². The number of carbonyl (C=O) groups excluding carboxylic acids is 1. The van der Waals surface area contributed by atoms with Crippen molar-refractivity contribution in [1.29, 1.82) is 0 Å². The van der Waals surface area contributed by atoms with Crippen LogP contribution in [0, 0.1) is 0 Å². The smallest absolute Gasteiger partial charge is 0.314 e. The number of nitrogens with one attached hydrogen (secondary N) is 2. The molecule has 1 aromatic heterocycles. The van der Waals surface area contributed by atoms with E-state index in [0.717, 1.165) is 15.6 Å². The Bertz CT molecular complexity index is 479. The third-order valence-electron chi connectivity index (χ3n) is 2.11. The summed E-state index contributed by atoms with van der Waals surface area (Å²) in [5, 5.41) is 5.26. The summed E-state index contributed by atoms with van der Waals surface area (Å²) >= 11 is 3.35. The van der Waals surface area contributed by atoms with Crippen LogP contribution < -0.4 is 10.6 Å². The molecular weight excluding hydrogens is 254 g/mol. The molecule has 2 rings (SSSR count). The van der Waals surface area contributed by atoms with Gasteiger partial charge in [0.25, 0.3) is 0 Å². The Balaban J connectivity index is 1.85. The van der Waals surface area contributed by atoms with Gasteiger partial charge in [0.2, 0.25) is 0 Å². The molecule has 2 N–H and O–H groups in total. The van der Waals surface area contributed by atoms with Gasteiger partial charge < -0.3 is 10.6 Å². The molecule has 0 spiro atoms. The van der Waals surface area contributed by atoms with E-state index in [0.29, 0.717) is 6.54 Å². The lowest BCUT2D eigenvalue weighted by molar-refractivity contribution is 0.243. The van der Waals surface area contributed by atoms with E-state index in [1.165, 1.54) is 4.70 Å². The third kappa shape index (κ3) is 3.34. The van der Waals surface area contributed by atoms with E-state index in [-0.39, 0.29) is 6.03 Å². The van der Waals surface area contributed by atoms with Crippen LogP contribution >= 0.6 is 23.1 Å². The van der Waals surface area contributed by atoms with E-state index in [2.05, 4.69) is 21.7 Å². The molecular formula is C11H13N3OS2. The van der Waals surface area contributed by atoms with E-state index >= 15 is 0 Å². The SMILES string of the molecule is CNC(=O)NCCSc1nc2ccccc2s1. The molecule has 0 unspecified atom stereocenters. The number of amides is 2. The second-order valence-electron chi connectivity index (χ2n) is 3.30. The van der Waals surface area contributed by atoms with Crippen LogP contribution in [0.15, 0.2) is 28.6 Å². The molecule has 1 heterocycles. The first-order valence-electron chi connectivity index (χ1n) is 5.23. The molecule has 4 nitrogen and oxygen atoms in total. The molecule has 2 aromatic rings. The van der Waals surface area contributed by atoms with E-state index in [1.807, 2.05) is 18.2 Å². The zero-order chi connectivity index (χ0) is 12.1. The van der Waals surface area contributed by atoms with Crippen molar-refractivity contribution in [2.75, 3.05) is 19.3 Å². The summed E-state index contributed by atoms with van der Waals surface area (Å²) in [6.45, 7) is 0.639. The van der Waals surface area contributed by atoms with Crippen LogP contribution in [0.5, 0.6) is 0 Å². The number of rotatable bonds is 4. The van der Waals surface area contributed by atoms with Crippen LogP contribution in [0.3, 0.4) is 0 Å². The summed E-state index contributed by atoms with van der Waals surface area (Å²) in [7, 11) is 1.61. The topological polar surface area (TPSA) is 54.0 Å². The number of benzene rings is 1. The molecule has 1 aromatic carbocycles. The second-order valence-corrected chi connectivity index (χ2v) is 5.67. The fourth-order valence-corrected chi connectivity index (χ4v) is 3.30. The predicted octanol–water partition coefficient (Wildman–Crippen LogP) is 2.32. The van der Waals surface area contributed by atoms with Gasteiger partial charge in [-0.1, -0.05) is 23.9 Å². The third-order valence-corrected chi connectivity index (χ3v) is 4.30. The molecule has 0 bridgehead atoms. The standard InChI is InChI=1S/C11H13N3OS2/c1-12-10(15)13-6-7-16-11-14-8-4-2-3-5-9(8)17-11/h2-5H,6-7H2,1H3,(H2,12,13,15). The lowest BCUT2D eigenvalue weighted by atomic mass is 10.3. The Labute approximate surface area is 108 Å². The molecule has 0 aliphatic rings. The highest BCUT2D eigenvalue weighted by molar-refractivity contribution is 8.01. The number of para-hydroxylation sites is 1. The van der Waals surface area contributed by atoms with Crippen molar-refractivity contribution in [2.45, 2.75) is 4.34 Å². The zero-order valence-corrected chi connectivity index (χ0v) is 11.0. The van der Waals surface area contributed by atoms with Crippen molar-refractivity contribution >= 4 is 39.3 Å². The molecule has 0 saturated heterocycles. The van der Waals surface area contributed by atoms with Crippen LogP contribution in [0.25, 0.3) is 10.2 Å². The number of fused-ring (bicyclic) bond motifs is 1. The number of hydrogen-bond acceptors (Lipinski definition) is 4. The first-order valence-corrected chi connectivity index (χ1v) is 7.04. The minimum Gasteiger partial charge on any atom is -0.341 e. The van der Waals surface area contributed by atoms with Crippen molar-refractivity contribution in [3.63, 3.8) is 0 Å². The first kappa shape index (κ1) is 12.2. The summed E-state index contributed by atoms with van der Waals surface area (Å²) in [6.07, 6.45) is 0. The molecule has 0 atom stereocenters. The number of aromatic nitrogens is 1. The molecule has 0 aliphatic heterocycles. The highest BCUT2D eigenvalue weighted by Crippen LogP contribution is 2.28. The maximum absolute atomic E-state index is 10.9. The lowest BCUT2D eigenvalue weighted by Gasteiger charge is -2.01. The number of carbonyl (C=O) groups is 1. The molecule has 2 amide bonds. The Morgan fingerprint density at radius 1 is 1.47 bits per heavy atom. The number of thiazole rings is 1. The first-order chi connectivity index (χ1) is 8.29. The summed E-state index contributed by atoms with van der Waals surface area (Å²) in [5.41, 5.74) is 1.04. The van der Waals surface area contributed by atoms with Gasteiger partial charge >= 0.3 is 6.03 Å². The number of urea groups is 1. The molecule has 0 radical (unpaired) electrons. The van der Waals surface area contributed by atoms with Gasteiger partial charge in [0.15, 0.2) is 4.34 Å². The van der Waals surface area contributed by atoms with Crippen LogP contribution in [-0.2, 0) is 0 Å². The second kappa shape index (κ2) is 5.88. The monoisotopic (exact) mass is 267 g/mol. The van der Waals surface area contributed by atoms with Crippen LogP contribution in [0.4, 0.5) is 4.79 Å². The number of thioether (sulfide) groups is 1. The van der Waals surface area contributed by atoms with Gasteiger partial charge in [-0.15, -0.1) is 11.3 Å². The highest BCUT2D eigenvalue weighted by Gasteiger charge is 2.03. The average Bonchev–Trinajstić information content (AvgIpc) is 2.76. The molecule has 6 heteroatoms. The van der Waals surface area contributed by atoms with Gasteiger partial charge in [-0.05, 0) is 12.1 Å². The van der Waals surface area contributed by atoms with Gasteiger partial charge in [0.1, 0.15) is 0 Å². The normalized spacial score (nSPS) is 10.4. The summed E-state index contributed by atoms with van der Waals surface area (Å²) in [4.78, 5) is 15.4. The fraction of sp³-hybridized carbons (Fsp3) is 0.273. The Morgan fingerprint density at radius 3 is 3.06 bits per heavy atom. The minimum atomic E-state index is -0.144. The minimum absolute atomic E-state index is 0.144. The average molecular weight is 267 g/mol. The van der Waals surface area contributed by atoms with Gasteiger partial charge in [0.05, 0.1) is 10.2 Å². The van der Waals surface area contributed by atoms with Gasteiger partial charge in [0, 0.05) is 19.3 Å². The molecule has 90 valence electrons. The maximum atomic E-state index is 10.9. The van der Waals surface area contributed by atoms with Crippen LogP contribution in [-0.4, -0.2) is 30.4 Å². The number of nitrogens with zero attached hydrogens (tertiary/aromatic N) is 1. The summed E-state index contributed by atoms with van der Waals surface area (Å²) in [5.74, 6) is 0.827. The Hall–Kier alpha value is -1.27. The quantitative estimate of drug-likeness (QED) is 0.660. The van der Waals surface area contributed by atoms with Crippen LogP contribution in [0.2, 0.25) is 0 Å². The number of hydrogen-bond donors (Lipinski definition) is 2. The van der Waals surface area contributed by atoms with Crippen molar-refractivity contribution in [2.24, 2.45) is 0 Å². The maximum Gasteiger partial charge on any atom is 0.314 e.